The Morgan fingerprint density at radius 1 is 0.883 bits per heavy atom. The lowest BCUT2D eigenvalue weighted by Gasteiger charge is -2.34. The predicted molar refractivity (Wildman–Crippen MR) is 236 cm³/mol. The molecule has 5 rings (SSSR count). The Hall–Kier alpha value is -5.85. The molecule has 1 aliphatic carbocycles. The quantitative estimate of drug-likeness (QED) is 0.114. The van der Waals surface area contributed by atoms with Gasteiger partial charge in [0.2, 0.25) is 11.8 Å². The van der Waals surface area contributed by atoms with E-state index in [1.54, 1.807) is 4.90 Å². The lowest BCUT2D eigenvalue weighted by Crippen LogP contribution is -2.55. The summed E-state index contributed by atoms with van der Waals surface area (Å²) >= 11 is 0. The van der Waals surface area contributed by atoms with Crippen LogP contribution in [0, 0.1) is 11.8 Å². The maximum Gasteiger partial charge on any atom is 0.407 e. The molecule has 4 amide bonds. The summed E-state index contributed by atoms with van der Waals surface area (Å²) in [6.45, 7) is 15.3. The summed E-state index contributed by atoms with van der Waals surface area (Å²) in [6.07, 6.45) is 12.9. The van der Waals surface area contributed by atoms with Crippen LogP contribution in [0.4, 0.5) is 9.59 Å². The fourth-order valence-electron chi connectivity index (χ4n) is 7.97. The maximum atomic E-state index is 13.7. The van der Waals surface area contributed by atoms with Gasteiger partial charge in [0.25, 0.3) is 0 Å². The molecule has 2 aromatic carbocycles. The van der Waals surface area contributed by atoms with Crippen LogP contribution in [0.15, 0.2) is 84.1 Å². The highest BCUT2D eigenvalue weighted by Gasteiger charge is 2.38. The zero-order valence-electron chi connectivity index (χ0n) is 36.6. The molecule has 2 aliphatic rings. The van der Waals surface area contributed by atoms with E-state index in [2.05, 4.69) is 94.6 Å². The summed E-state index contributed by atoms with van der Waals surface area (Å²) in [5, 5.41) is 9.14. The van der Waals surface area contributed by atoms with E-state index < -0.39 is 24.3 Å². The van der Waals surface area contributed by atoms with Crippen molar-refractivity contribution in [2.24, 2.45) is 11.8 Å². The monoisotopic (exact) mass is 821 g/mol. The fraction of sp³-hybridized carbons (Fsp3) is 0.468. The summed E-state index contributed by atoms with van der Waals surface area (Å²) in [7, 11) is 2.59. The lowest BCUT2D eigenvalue weighted by atomic mass is 9.99. The molecule has 0 saturated carbocycles. The summed E-state index contributed by atoms with van der Waals surface area (Å²) in [5.74, 6) is 0.220. The number of allylic oxidation sites excluding steroid dienone is 6. The van der Waals surface area contributed by atoms with Gasteiger partial charge in [0.15, 0.2) is 0 Å². The van der Waals surface area contributed by atoms with Gasteiger partial charge in [-0.2, -0.15) is 0 Å². The highest BCUT2D eigenvalue weighted by Crippen LogP contribution is 2.29. The zero-order valence-corrected chi connectivity index (χ0v) is 36.6. The highest BCUT2D eigenvalue weighted by atomic mass is 16.5. The van der Waals surface area contributed by atoms with Gasteiger partial charge >= 0.3 is 12.2 Å². The molecule has 1 aromatic heterocycles. The van der Waals surface area contributed by atoms with Gasteiger partial charge in [-0.3, -0.25) is 9.59 Å². The van der Waals surface area contributed by atoms with Crippen LogP contribution in [-0.2, 0) is 25.6 Å². The first kappa shape index (κ1) is 45.2. The first-order valence-electron chi connectivity index (χ1n) is 21.2. The van der Waals surface area contributed by atoms with Gasteiger partial charge in [0.1, 0.15) is 17.9 Å². The Morgan fingerprint density at radius 2 is 1.53 bits per heavy atom. The molecular weight excluding hydrogens is 759 g/mol. The minimum Gasteiger partial charge on any atom is -0.453 e. The molecule has 2 heterocycles. The molecule has 0 spiro atoms. The van der Waals surface area contributed by atoms with Crippen molar-refractivity contribution >= 4 is 40.6 Å². The Morgan fingerprint density at radius 3 is 2.17 bits per heavy atom. The number of likely N-dealkylation sites (tertiary alicyclic amines) is 1. The van der Waals surface area contributed by atoms with Gasteiger partial charge in [0.05, 0.1) is 37.8 Å². The molecule has 0 radical (unpaired) electrons. The minimum absolute atomic E-state index is 0.0144. The Labute approximate surface area is 354 Å². The average Bonchev–Trinajstić information content (AvgIpc) is 3.83. The molecule has 1 aliphatic heterocycles. The second-order valence-electron chi connectivity index (χ2n) is 16.2. The molecule has 322 valence electrons. The number of nitrogens with zero attached hydrogens (tertiary/aromatic N) is 3. The third-order valence-electron chi connectivity index (χ3n) is 11.3. The number of carbonyl (C=O) groups is 4. The van der Waals surface area contributed by atoms with Crippen molar-refractivity contribution < 1.29 is 28.7 Å². The number of hydrogen-bond acceptors (Lipinski definition) is 8. The van der Waals surface area contributed by atoms with Crippen LogP contribution in [0.3, 0.4) is 0 Å². The second kappa shape index (κ2) is 20.9. The van der Waals surface area contributed by atoms with Crippen molar-refractivity contribution in [1.82, 2.24) is 35.7 Å². The van der Waals surface area contributed by atoms with Crippen LogP contribution in [0.2, 0.25) is 0 Å². The number of alkyl carbamates (subject to hydrolysis) is 2. The van der Waals surface area contributed by atoms with Crippen molar-refractivity contribution in [2.75, 3.05) is 27.3 Å². The Bertz CT molecular complexity index is 2110. The number of H-pyrrole nitrogens is 1. The molecular formula is C47H63N7O6. The number of aromatic amines is 1. The van der Waals surface area contributed by atoms with Gasteiger partial charge in [0, 0.05) is 24.8 Å². The van der Waals surface area contributed by atoms with Crippen molar-refractivity contribution in [1.29, 1.82) is 0 Å². The summed E-state index contributed by atoms with van der Waals surface area (Å²) < 4.78 is 9.56. The van der Waals surface area contributed by atoms with E-state index in [9.17, 15) is 19.2 Å². The number of amides is 4. The van der Waals surface area contributed by atoms with Gasteiger partial charge in [-0.05, 0) is 91.3 Å². The Kier molecular flexibility index (Phi) is 15.8. The molecule has 4 atom stereocenters. The van der Waals surface area contributed by atoms with Crippen LogP contribution < -0.4 is 16.0 Å². The van der Waals surface area contributed by atoms with E-state index in [0.29, 0.717) is 18.9 Å². The van der Waals surface area contributed by atoms with E-state index in [1.165, 1.54) is 14.2 Å². The third kappa shape index (κ3) is 11.0. The van der Waals surface area contributed by atoms with Crippen LogP contribution in [0.25, 0.3) is 27.7 Å². The molecule has 13 heteroatoms. The Balaban J connectivity index is 1.23. The van der Waals surface area contributed by atoms with Crippen molar-refractivity contribution in [3.8, 4) is 11.1 Å². The first-order valence-corrected chi connectivity index (χ1v) is 21.2. The van der Waals surface area contributed by atoms with Gasteiger partial charge in [-0.1, -0.05) is 95.3 Å². The molecule has 13 nitrogen and oxygen atoms in total. The molecule has 60 heavy (non-hydrogen) atoms. The van der Waals surface area contributed by atoms with Crippen molar-refractivity contribution in [2.45, 2.75) is 105 Å². The number of carbonyl (C=O) groups excluding carboxylic acids is 4. The lowest BCUT2D eigenvalue weighted by molar-refractivity contribution is -0.136. The fourth-order valence-corrected chi connectivity index (χ4v) is 7.97. The first-order chi connectivity index (χ1) is 28.8. The van der Waals surface area contributed by atoms with Crippen LogP contribution in [-0.4, -0.2) is 95.2 Å². The number of hydrogen-bond donors (Lipinski definition) is 4. The highest BCUT2D eigenvalue weighted by molar-refractivity contribution is 5.87. The SMILES string of the molecule is C/C=C(\NC(C)[C@@H]1CCCN1C(=O)[C@@H](NC(=O)OC)C(C)C)C1=CCC=C(c2ccc(-c3ccc4nc(CN(CCC)C(=O)[C@@H](NC(=O)OC)C(C)C)[nH]c4c3)cc2)C=C1. The molecule has 4 N–H and O–H groups in total. The molecule has 0 bridgehead atoms. The summed E-state index contributed by atoms with van der Waals surface area (Å²) in [6, 6.07) is 13.3. The van der Waals surface area contributed by atoms with Crippen molar-refractivity contribution in [3.05, 3.63) is 95.5 Å². The number of aromatic nitrogens is 2. The van der Waals surface area contributed by atoms with Crippen molar-refractivity contribution in [3.63, 3.8) is 0 Å². The topological polar surface area (TPSA) is 158 Å². The number of imidazole rings is 1. The number of benzene rings is 2. The molecule has 3 aromatic rings. The molecule has 1 fully saturated rings. The zero-order chi connectivity index (χ0) is 43.5. The smallest absolute Gasteiger partial charge is 0.407 e. The standard InChI is InChI=1S/C47H63N7O6/c1-10-25-53(44(55)42(29(3)4)51-46(57)59-8)28-41-49-38-24-23-36(27-39(38)50-41)34-19-17-33(18-20-34)32-14-12-15-35(22-21-32)37(11-2)48-31(7)40-16-13-26-54(40)45(56)43(30(5)6)52-47(58)60-9/h11,14-15,17-24,27,29-31,40,42-43,48H,10,12-13,16,25-26,28H2,1-9H3,(H,49,50)(H,51,57)(H,52,58)/b37-11-/t31?,40-,42-,43-/m0/s1. The minimum atomic E-state index is -0.710. The summed E-state index contributed by atoms with van der Waals surface area (Å²) in [5.41, 5.74) is 8.13. The van der Waals surface area contributed by atoms with Gasteiger partial charge < -0.3 is 40.2 Å². The maximum absolute atomic E-state index is 13.7. The summed E-state index contributed by atoms with van der Waals surface area (Å²) in [4.78, 5) is 63.1. The number of rotatable bonds is 16. The van der Waals surface area contributed by atoms with E-state index in [4.69, 9.17) is 14.5 Å². The van der Waals surface area contributed by atoms with Gasteiger partial charge in [-0.25, -0.2) is 14.6 Å². The van der Waals surface area contributed by atoms with Crippen LogP contribution in [0.1, 0.15) is 85.5 Å². The van der Waals surface area contributed by atoms with E-state index >= 15 is 0 Å². The number of fused-ring (bicyclic) bond motifs is 1. The number of methoxy groups -OCH3 is 2. The van der Waals surface area contributed by atoms with E-state index in [1.807, 2.05) is 52.5 Å². The predicted octanol–water partition coefficient (Wildman–Crippen LogP) is 7.87. The largest absolute Gasteiger partial charge is 0.453 e. The van der Waals surface area contributed by atoms with Crippen LogP contribution >= 0.6 is 0 Å². The van der Waals surface area contributed by atoms with E-state index in [0.717, 1.165) is 70.3 Å². The molecule has 1 unspecified atom stereocenters. The average molecular weight is 822 g/mol. The van der Waals surface area contributed by atoms with E-state index in [-0.39, 0.29) is 42.3 Å². The normalized spacial score (nSPS) is 17.1. The van der Waals surface area contributed by atoms with Crippen LogP contribution in [0.5, 0.6) is 0 Å². The third-order valence-corrected chi connectivity index (χ3v) is 11.3. The molecule has 1 saturated heterocycles. The number of nitrogens with one attached hydrogen (secondary N) is 4. The van der Waals surface area contributed by atoms with Gasteiger partial charge in [-0.15, -0.1) is 0 Å². The second-order valence-corrected chi connectivity index (χ2v) is 16.2. The number of ether oxygens (including phenoxy) is 2.